The van der Waals surface area contributed by atoms with E-state index >= 15 is 0 Å². The minimum atomic E-state index is -3.59. The molecule has 0 radical (unpaired) electrons. The topological polar surface area (TPSA) is 75.6 Å². The van der Waals surface area contributed by atoms with Crippen LogP contribution in [0.3, 0.4) is 0 Å². The van der Waals surface area contributed by atoms with Gasteiger partial charge in [0.25, 0.3) is 0 Å². The predicted molar refractivity (Wildman–Crippen MR) is 66.9 cm³/mol. The lowest BCUT2D eigenvalue weighted by Gasteiger charge is -2.12. The minimum absolute atomic E-state index is 0.0941. The maximum absolute atomic E-state index is 12.1. The van der Waals surface area contributed by atoms with Crippen LogP contribution >= 0.6 is 11.6 Å². The van der Waals surface area contributed by atoms with E-state index in [1.165, 1.54) is 18.2 Å². The quantitative estimate of drug-likeness (QED) is 0.864. The van der Waals surface area contributed by atoms with Gasteiger partial charge < -0.3 is 9.84 Å². The number of sulfonamides is 1. The number of hydrogen-bond donors (Lipinski definition) is 2. The molecule has 0 aliphatic carbocycles. The van der Waals surface area contributed by atoms with Crippen LogP contribution in [0.2, 0.25) is 5.02 Å². The Labute approximate surface area is 111 Å². The molecule has 1 heterocycles. The van der Waals surface area contributed by atoms with Gasteiger partial charge in [-0.2, -0.15) is 0 Å². The largest absolute Gasteiger partial charge is 0.392 e. The van der Waals surface area contributed by atoms with Gasteiger partial charge in [-0.25, -0.2) is 13.1 Å². The van der Waals surface area contributed by atoms with Crippen molar-refractivity contribution in [1.82, 2.24) is 4.72 Å². The van der Waals surface area contributed by atoms with Crippen LogP contribution < -0.4 is 4.72 Å². The molecule has 1 aromatic rings. The van der Waals surface area contributed by atoms with Crippen LogP contribution in [0, 0.1) is 0 Å². The Hall–Kier alpha value is -0.660. The van der Waals surface area contributed by atoms with Crippen LogP contribution in [0.4, 0.5) is 0 Å². The average molecular weight is 292 g/mol. The Kier molecular flexibility index (Phi) is 4.24. The first kappa shape index (κ1) is 13.8. The number of benzene rings is 1. The molecule has 0 spiro atoms. The molecule has 5 nitrogen and oxygen atoms in total. The number of nitrogens with one attached hydrogen (secondary N) is 1. The highest BCUT2D eigenvalue weighted by Gasteiger charge is 2.23. The van der Waals surface area contributed by atoms with E-state index in [1.54, 1.807) is 0 Å². The van der Waals surface area contributed by atoms with Crippen molar-refractivity contribution in [2.45, 2.75) is 24.0 Å². The van der Waals surface area contributed by atoms with E-state index in [0.29, 0.717) is 25.2 Å². The monoisotopic (exact) mass is 291 g/mol. The zero-order valence-electron chi connectivity index (χ0n) is 9.60. The molecule has 1 aromatic carbocycles. The second-order valence-electron chi connectivity index (χ2n) is 4.09. The van der Waals surface area contributed by atoms with Gasteiger partial charge in [0.2, 0.25) is 10.0 Å². The van der Waals surface area contributed by atoms with Crippen molar-refractivity contribution >= 4 is 21.6 Å². The van der Waals surface area contributed by atoms with Gasteiger partial charge in [-0.05, 0) is 24.1 Å². The summed E-state index contributed by atoms with van der Waals surface area (Å²) in [5, 5.41) is 9.21. The van der Waals surface area contributed by atoms with E-state index < -0.39 is 10.0 Å². The molecule has 2 rings (SSSR count). The van der Waals surface area contributed by atoms with Gasteiger partial charge in [0.15, 0.2) is 0 Å². The number of aliphatic hydroxyl groups excluding tert-OH is 1. The summed E-state index contributed by atoms with van der Waals surface area (Å²) in [5.41, 5.74) is 0.500. The fraction of sp³-hybridized carbons (Fsp3) is 0.455. The molecule has 1 atom stereocenters. The van der Waals surface area contributed by atoms with E-state index in [4.69, 9.17) is 21.4 Å². The summed E-state index contributed by atoms with van der Waals surface area (Å²) < 4.78 is 31.8. The second-order valence-corrected chi connectivity index (χ2v) is 6.21. The van der Waals surface area contributed by atoms with Crippen LogP contribution in [-0.4, -0.2) is 32.8 Å². The third-order valence-corrected chi connectivity index (χ3v) is 4.63. The SMILES string of the molecule is O=S(=O)(NC1CCOC1)c1ccc(CO)c(Cl)c1. The van der Waals surface area contributed by atoms with Gasteiger partial charge in [0, 0.05) is 17.7 Å². The second kappa shape index (κ2) is 5.54. The molecule has 1 fully saturated rings. The molecule has 1 saturated heterocycles. The Morgan fingerprint density at radius 2 is 2.28 bits per heavy atom. The Morgan fingerprint density at radius 1 is 1.50 bits per heavy atom. The van der Waals surface area contributed by atoms with Crippen LogP contribution in [-0.2, 0) is 21.4 Å². The average Bonchev–Trinajstić information content (AvgIpc) is 2.81. The number of rotatable bonds is 4. The summed E-state index contributed by atoms with van der Waals surface area (Å²) >= 11 is 5.88. The fourth-order valence-corrected chi connectivity index (χ4v) is 3.32. The van der Waals surface area contributed by atoms with Crippen molar-refractivity contribution < 1.29 is 18.3 Å². The van der Waals surface area contributed by atoms with E-state index in [9.17, 15) is 8.42 Å². The molecule has 0 bridgehead atoms. The van der Waals surface area contributed by atoms with Gasteiger partial charge in [0.1, 0.15) is 0 Å². The zero-order valence-corrected chi connectivity index (χ0v) is 11.2. The van der Waals surface area contributed by atoms with Crippen molar-refractivity contribution in [3.8, 4) is 0 Å². The van der Waals surface area contributed by atoms with E-state index in [-0.39, 0.29) is 22.6 Å². The Balaban J connectivity index is 2.21. The third-order valence-electron chi connectivity index (χ3n) is 2.76. The highest BCUT2D eigenvalue weighted by atomic mass is 35.5. The van der Waals surface area contributed by atoms with Gasteiger partial charge >= 0.3 is 0 Å². The zero-order chi connectivity index (χ0) is 13.2. The smallest absolute Gasteiger partial charge is 0.240 e. The Bertz CT molecular complexity index is 526. The van der Waals surface area contributed by atoms with Gasteiger partial charge in [0.05, 0.1) is 18.1 Å². The lowest BCUT2D eigenvalue weighted by molar-refractivity contribution is 0.192. The Morgan fingerprint density at radius 3 is 2.83 bits per heavy atom. The highest BCUT2D eigenvalue weighted by molar-refractivity contribution is 7.89. The van der Waals surface area contributed by atoms with Crippen LogP contribution in [0.25, 0.3) is 0 Å². The van der Waals surface area contributed by atoms with Gasteiger partial charge in [-0.3, -0.25) is 0 Å². The van der Waals surface area contributed by atoms with Crippen molar-refractivity contribution in [3.05, 3.63) is 28.8 Å². The molecule has 100 valence electrons. The van der Waals surface area contributed by atoms with E-state index in [1.807, 2.05) is 0 Å². The summed E-state index contributed by atoms with van der Waals surface area (Å²) in [5.74, 6) is 0. The molecule has 2 N–H and O–H groups in total. The fourth-order valence-electron chi connectivity index (χ4n) is 1.74. The standard InChI is InChI=1S/C11H14ClNO4S/c12-11-5-10(2-1-8(11)6-14)18(15,16)13-9-3-4-17-7-9/h1-2,5,9,13-14H,3-4,6-7H2. The van der Waals surface area contributed by atoms with Crippen LogP contribution in [0.5, 0.6) is 0 Å². The number of aliphatic hydroxyl groups is 1. The number of ether oxygens (including phenoxy) is 1. The number of hydrogen-bond acceptors (Lipinski definition) is 4. The van der Waals surface area contributed by atoms with Gasteiger partial charge in [-0.15, -0.1) is 0 Å². The van der Waals surface area contributed by atoms with Crippen molar-refractivity contribution in [2.75, 3.05) is 13.2 Å². The minimum Gasteiger partial charge on any atom is -0.392 e. The first-order valence-corrected chi connectivity index (χ1v) is 7.38. The third kappa shape index (κ3) is 3.02. The van der Waals surface area contributed by atoms with Crippen molar-refractivity contribution in [3.63, 3.8) is 0 Å². The molecular weight excluding hydrogens is 278 g/mol. The summed E-state index contributed by atoms with van der Waals surface area (Å²) in [6.07, 6.45) is 0.668. The van der Waals surface area contributed by atoms with E-state index in [2.05, 4.69) is 4.72 Å². The summed E-state index contributed by atoms with van der Waals surface area (Å²) in [6, 6.07) is 4.08. The van der Waals surface area contributed by atoms with Crippen LogP contribution in [0.1, 0.15) is 12.0 Å². The highest BCUT2D eigenvalue weighted by Crippen LogP contribution is 2.21. The number of halogens is 1. The molecule has 0 aromatic heterocycles. The predicted octanol–water partition coefficient (Wildman–Crippen LogP) is 0.899. The van der Waals surface area contributed by atoms with Crippen LogP contribution in [0.15, 0.2) is 23.1 Å². The maximum Gasteiger partial charge on any atom is 0.240 e. The van der Waals surface area contributed by atoms with Crippen molar-refractivity contribution in [1.29, 1.82) is 0 Å². The van der Waals surface area contributed by atoms with Crippen molar-refractivity contribution in [2.24, 2.45) is 0 Å². The maximum atomic E-state index is 12.1. The molecule has 1 unspecified atom stereocenters. The molecule has 18 heavy (non-hydrogen) atoms. The molecule has 1 aliphatic rings. The normalized spacial score (nSPS) is 20.2. The molecule has 1 aliphatic heterocycles. The molecule has 7 heteroatoms. The van der Waals surface area contributed by atoms with E-state index in [0.717, 1.165) is 0 Å². The lowest BCUT2D eigenvalue weighted by Crippen LogP contribution is -2.35. The molecular formula is C11H14ClNO4S. The molecule has 0 saturated carbocycles. The first-order chi connectivity index (χ1) is 8.53. The lowest BCUT2D eigenvalue weighted by atomic mass is 10.2. The summed E-state index contributed by atoms with van der Waals surface area (Å²) in [7, 11) is -3.59. The molecule has 0 amide bonds. The van der Waals surface area contributed by atoms with Gasteiger partial charge in [-0.1, -0.05) is 17.7 Å². The summed E-state index contributed by atoms with van der Waals surface area (Å²) in [6.45, 7) is 0.738. The summed E-state index contributed by atoms with van der Waals surface area (Å²) in [4.78, 5) is 0.0941. The first-order valence-electron chi connectivity index (χ1n) is 5.52.